The second-order valence-corrected chi connectivity index (χ2v) is 6.94. The van der Waals surface area contributed by atoms with Gasteiger partial charge >= 0.3 is 12.1 Å². The van der Waals surface area contributed by atoms with E-state index < -0.39 is 29.9 Å². The third kappa shape index (κ3) is 4.69. The fourth-order valence-electron chi connectivity index (χ4n) is 3.46. The molecule has 0 aliphatic carbocycles. The van der Waals surface area contributed by atoms with Gasteiger partial charge in [-0.1, -0.05) is 23.7 Å². The number of anilines is 2. The van der Waals surface area contributed by atoms with Gasteiger partial charge in [-0.15, -0.1) is 0 Å². The molecule has 29 heavy (non-hydrogen) atoms. The van der Waals surface area contributed by atoms with Crippen molar-refractivity contribution < 1.29 is 22.4 Å². The van der Waals surface area contributed by atoms with Crippen LogP contribution in [0.1, 0.15) is 17.9 Å². The number of nitrogens with zero attached hydrogens (tertiary/aromatic N) is 3. The first-order chi connectivity index (χ1) is 13.7. The maximum atomic E-state index is 13.3. The molecule has 0 bridgehead atoms. The van der Waals surface area contributed by atoms with Crippen molar-refractivity contribution in [3.8, 4) is 0 Å². The van der Waals surface area contributed by atoms with Crippen molar-refractivity contribution in [3.05, 3.63) is 47.1 Å². The van der Waals surface area contributed by atoms with Crippen molar-refractivity contribution in [3.63, 3.8) is 0 Å². The summed E-state index contributed by atoms with van der Waals surface area (Å²) < 4.78 is 51.8. The SMILES string of the molecule is CNc1c(Cl)ncnc1N1CCC(c2ccc(F)cc2)C(NC(=O)C(F)(F)F)C1. The molecule has 2 N–H and O–H groups in total. The van der Waals surface area contributed by atoms with Crippen molar-refractivity contribution in [1.82, 2.24) is 15.3 Å². The molecule has 1 fully saturated rings. The lowest BCUT2D eigenvalue weighted by molar-refractivity contribution is -0.174. The fraction of sp³-hybridized carbons (Fsp3) is 0.389. The first kappa shape index (κ1) is 21.1. The topological polar surface area (TPSA) is 70.2 Å². The summed E-state index contributed by atoms with van der Waals surface area (Å²) in [6.45, 7) is 0.508. The standard InChI is InChI=1S/C18H18ClF4N5O/c1-24-14-15(19)25-9-26-16(14)28-7-6-12(10-2-4-11(20)5-3-10)13(8-28)27-17(29)18(21,22)23/h2-5,9,12-13,24H,6-8H2,1H3,(H,27,29). The minimum absolute atomic E-state index is 0.0614. The number of amides is 1. The molecule has 0 spiro atoms. The van der Waals surface area contributed by atoms with Gasteiger partial charge in [-0.2, -0.15) is 13.2 Å². The van der Waals surface area contributed by atoms with Gasteiger partial charge in [0.1, 0.15) is 17.8 Å². The number of aromatic nitrogens is 2. The number of alkyl halides is 3. The molecule has 156 valence electrons. The zero-order chi connectivity index (χ0) is 21.2. The molecule has 3 rings (SSSR count). The lowest BCUT2D eigenvalue weighted by Crippen LogP contribution is -2.54. The highest BCUT2D eigenvalue weighted by atomic mass is 35.5. The van der Waals surface area contributed by atoms with Gasteiger partial charge in [0, 0.05) is 26.1 Å². The summed E-state index contributed by atoms with van der Waals surface area (Å²) in [6, 6.07) is 4.65. The number of hydrogen-bond donors (Lipinski definition) is 2. The van der Waals surface area contributed by atoms with Crippen molar-refractivity contribution in [2.75, 3.05) is 30.4 Å². The number of piperidine rings is 1. The van der Waals surface area contributed by atoms with Crippen LogP contribution in [-0.2, 0) is 4.79 Å². The van der Waals surface area contributed by atoms with E-state index in [1.165, 1.54) is 30.6 Å². The van der Waals surface area contributed by atoms with Gasteiger partial charge < -0.3 is 15.5 Å². The van der Waals surface area contributed by atoms with Gasteiger partial charge in [-0.05, 0) is 24.1 Å². The molecule has 2 atom stereocenters. The smallest absolute Gasteiger partial charge is 0.383 e. The number of hydrogen-bond acceptors (Lipinski definition) is 5. The fourth-order valence-corrected chi connectivity index (χ4v) is 3.68. The third-order valence-electron chi connectivity index (χ3n) is 4.82. The highest BCUT2D eigenvalue weighted by molar-refractivity contribution is 6.32. The number of carbonyl (C=O) groups is 1. The Labute approximate surface area is 169 Å². The number of halogens is 5. The van der Waals surface area contributed by atoms with Crippen LogP contribution in [0.5, 0.6) is 0 Å². The molecule has 1 aliphatic rings. The monoisotopic (exact) mass is 431 g/mol. The quantitative estimate of drug-likeness (QED) is 0.574. The number of benzene rings is 1. The van der Waals surface area contributed by atoms with Crippen LogP contribution in [0.2, 0.25) is 5.15 Å². The normalized spacial score (nSPS) is 19.7. The summed E-state index contributed by atoms with van der Waals surface area (Å²) in [6.07, 6.45) is -3.34. The van der Waals surface area contributed by atoms with E-state index in [9.17, 15) is 22.4 Å². The highest BCUT2D eigenvalue weighted by Crippen LogP contribution is 2.35. The van der Waals surface area contributed by atoms with Crippen molar-refractivity contribution >= 4 is 29.0 Å². The number of carbonyl (C=O) groups excluding carboxylic acids is 1. The summed E-state index contributed by atoms with van der Waals surface area (Å²) >= 11 is 6.07. The predicted molar refractivity (Wildman–Crippen MR) is 101 cm³/mol. The molecule has 2 heterocycles. The van der Waals surface area contributed by atoms with E-state index >= 15 is 0 Å². The molecule has 6 nitrogen and oxygen atoms in total. The molecule has 2 unspecified atom stereocenters. The third-order valence-corrected chi connectivity index (χ3v) is 5.10. The van der Waals surface area contributed by atoms with Gasteiger partial charge in [0.05, 0.1) is 6.04 Å². The van der Waals surface area contributed by atoms with Crippen LogP contribution in [0, 0.1) is 5.82 Å². The zero-order valence-electron chi connectivity index (χ0n) is 15.3. The second kappa shape index (κ2) is 8.40. The van der Waals surface area contributed by atoms with E-state index in [1.54, 1.807) is 11.9 Å². The molecule has 1 aliphatic heterocycles. The molecule has 0 saturated carbocycles. The molecule has 1 amide bonds. The van der Waals surface area contributed by atoms with Gasteiger partial charge in [0.15, 0.2) is 11.0 Å². The first-order valence-electron chi connectivity index (χ1n) is 8.77. The van der Waals surface area contributed by atoms with Gasteiger partial charge in [-0.25, -0.2) is 14.4 Å². The Balaban J connectivity index is 1.91. The largest absolute Gasteiger partial charge is 0.471 e. The number of nitrogens with one attached hydrogen (secondary N) is 2. The Morgan fingerprint density at radius 1 is 1.24 bits per heavy atom. The molecule has 11 heteroatoms. The summed E-state index contributed by atoms with van der Waals surface area (Å²) in [5.74, 6) is -2.47. The molecular formula is C18H18ClF4N5O. The van der Waals surface area contributed by atoms with Crippen LogP contribution in [-0.4, -0.2) is 48.2 Å². The number of rotatable bonds is 4. The van der Waals surface area contributed by atoms with Crippen molar-refractivity contribution in [2.45, 2.75) is 24.6 Å². The average molecular weight is 432 g/mol. The summed E-state index contributed by atoms with van der Waals surface area (Å²) in [5.41, 5.74) is 1.09. The van der Waals surface area contributed by atoms with E-state index in [4.69, 9.17) is 11.6 Å². The van der Waals surface area contributed by atoms with Gasteiger partial charge in [-0.3, -0.25) is 4.79 Å². The minimum atomic E-state index is -5.01. The predicted octanol–water partition coefficient (Wildman–Crippen LogP) is 3.35. The van der Waals surface area contributed by atoms with E-state index in [1.807, 2.05) is 0 Å². The van der Waals surface area contributed by atoms with E-state index in [0.717, 1.165) is 0 Å². The molecule has 1 saturated heterocycles. The van der Waals surface area contributed by atoms with Crippen LogP contribution in [0.25, 0.3) is 0 Å². The lowest BCUT2D eigenvalue weighted by atomic mass is 9.85. The Morgan fingerprint density at radius 3 is 2.55 bits per heavy atom. The summed E-state index contributed by atoms with van der Waals surface area (Å²) in [7, 11) is 1.63. The van der Waals surface area contributed by atoms with Crippen LogP contribution in [0.3, 0.4) is 0 Å². The average Bonchev–Trinajstić information content (AvgIpc) is 2.68. The second-order valence-electron chi connectivity index (χ2n) is 6.58. The molecule has 2 aromatic rings. The summed E-state index contributed by atoms with van der Waals surface area (Å²) in [4.78, 5) is 21.4. The van der Waals surface area contributed by atoms with Crippen molar-refractivity contribution in [1.29, 1.82) is 0 Å². The Hall–Kier alpha value is -2.62. The highest BCUT2D eigenvalue weighted by Gasteiger charge is 2.42. The first-order valence-corrected chi connectivity index (χ1v) is 9.15. The van der Waals surface area contributed by atoms with E-state index in [2.05, 4.69) is 20.6 Å². The Bertz CT molecular complexity index is 878. The van der Waals surface area contributed by atoms with Crippen LogP contribution in [0.15, 0.2) is 30.6 Å². The molecule has 1 aromatic heterocycles. The van der Waals surface area contributed by atoms with Crippen molar-refractivity contribution in [2.24, 2.45) is 0 Å². The van der Waals surface area contributed by atoms with E-state index in [0.29, 0.717) is 30.0 Å². The van der Waals surface area contributed by atoms with Crippen LogP contribution < -0.4 is 15.5 Å². The molecular weight excluding hydrogens is 414 g/mol. The van der Waals surface area contributed by atoms with Gasteiger partial charge in [0.25, 0.3) is 0 Å². The molecule has 1 aromatic carbocycles. The minimum Gasteiger partial charge on any atom is -0.383 e. The van der Waals surface area contributed by atoms with E-state index in [-0.39, 0.29) is 11.7 Å². The zero-order valence-corrected chi connectivity index (χ0v) is 16.1. The van der Waals surface area contributed by atoms with Gasteiger partial charge in [0.2, 0.25) is 0 Å². The summed E-state index contributed by atoms with van der Waals surface area (Å²) in [5, 5.41) is 5.14. The van der Waals surface area contributed by atoms with Crippen LogP contribution >= 0.6 is 11.6 Å². The lowest BCUT2D eigenvalue weighted by Gasteiger charge is -2.40. The maximum absolute atomic E-state index is 13.3. The maximum Gasteiger partial charge on any atom is 0.471 e. The Kier molecular flexibility index (Phi) is 6.11. The Morgan fingerprint density at radius 2 is 1.93 bits per heavy atom. The molecule has 0 radical (unpaired) electrons. The van der Waals surface area contributed by atoms with Crippen LogP contribution in [0.4, 0.5) is 29.1 Å².